The van der Waals surface area contributed by atoms with E-state index in [9.17, 15) is 0 Å². The third-order valence-corrected chi connectivity index (χ3v) is 13.5. The summed E-state index contributed by atoms with van der Waals surface area (Å²) in [5.41, 5.74) is 12.9. The highest BCUT2D eigenvalue weighted by atomic mass is 16.4. The van der Waals surface area contributed by atoms with Crippen LogP contribution in [0.15, 0.2) is 239 Å². The van der Waals surface area contributed by atoms with Gasteiger partial charge in [0, 0.05) is 58.9 Å². The van der Waals surface area contributed by atoms with Crippen LogP contribution in [0.2, 0.25) is 0 Å². The molecule has 64 heavy (non-hydrogen) atoms. The van der Waals surface area contributed by atoms with E-state index < -0.39 is 5.41 Å². The van der Waals surface area contributed by atoms with Gasteiger partial charge in [-0.2, -0.15) is 0 Å². The minimum atomic E-state index is -0.549. The molecule has 13 rings (SSSR count). The van der Waals surface area contributed by atoms with E-state index in [1.165, 1.54) is 43.8 Å². The molecule has 0 aliphatic heterocycles. The van der Waals surface area contributed by atoms with Crippen LogP contribution in [0.4, 0.5) is 11.6 Å². The van der Waals surface area contributed by atoms with Crippen LogP contribution in [0, 0.1) is 5.92 Å². The topological polar surface area (TPSA) is 55.3 Å². The number of anilines is 2. The summed E-state index contributed by atoms with van der Waals surface area (Å²) in [6.07, 6.45) is 11.0. The number of pyridine rings is 2. The van der Waals surface area contributed by atoms with Crippen LogP contribution in [0.5, 0.6) is 0 Å². The van der Waals surface area contributed by atoms with Crippen molar-refractivity contribution in [1.29, 1.82) is 0 Å². The predicted molar refractivity (Wildman–Crippen MR) is 259 cm³/mol. The van der Waals surface area contributed by atoms with E-state index in [1.807, 2.05) is 42.6 Å². The lowest BCUT2D eigenvalue weighted by atomic mass is 9.62. The lowest BCUT2D eigenvalue weighted by Gasteiger charge is -2.40. The van der Waals surface area contributed by atoms with Crippen molar-refractivity contribution in [2.75, 3.05) is 4.90 Å². The zero-order chi connectivity index (χ0) is 42.2. The third kappa shape index (κ3) is 5.50. The Morgan fingerprint density at radius 2 is 1.14 bits per heavy atom. The van der Waals surface area contributed by atoms with Crippen molar-refractivity contribution < 1.29 is 8.83 Å². The first-order valence-corrected chi connectivity index (χ1v) is 21.9. The number of rotatable bonds is 7. The Balaban J connectivity index is 1.05. The van der Waals surface area contributed by atoms with E-state index in [0.717, 1.165) is 56.0 Å². The molecule has 11 aromatic rings. The van der Waals surface area contributed by atoms with E-state index in [-0.39, 0.29) is 11.8 Å². The maximum absolute atomic E-state index is 6.93. The first-order chi connectivity index (χ1) is 31.7. The van der Waals surface area contributed by atoms with Gasteiger partial charge in [0.25, 0.3) is 0 Å². The summed E-state index contributed by atoms with van der Waals surface area (Å²) in [6.45, 7) is 0. The first-order valence-electron chi connectivity index (χ1n) is 21.9. The molecule has 0 N–H and O–H groups in total. The molecular formula is C59H39N3O2. The molecule has 5 heteroatoms. The van der Waals surface area contributed by atoms with Crippen molar-refractivity contribution in [3.63, 3.8) is 0 Å². The van der Waals surface area contributed by atoms with Crippen LogP contribution < -0.4 is 4.90 Å². The molecule has 4 heterocycles. The highest BCUT2D eigenvalue weighted by molar-refractivity contribution is 6.12. The SMILES string of the molecule is C1=CC2c3c(c4ccccc4c4ccccc34)C(c3ccccc3)(c3ccccc3)C2C=C1N(c1ccc(-c2cc3ncccc3o2)cc1)c1cc2ncc(-c3ccccc3)cc2o1. The predicted octanol–water partition coefficient (Wildman–Crippen LogP) is 14.9. The number of benzene rings is 7. The van der Waals surface area contributed by atoms with E-state index in [4.69, 9.17) is 13.8 Å². The largest absolute Gasteiger partial charge is 0.454 e. The van der Waals surface area contributed by atoms with Crippen molar-refractivity contribution in [2.45, 2.75) is 11.3 Å². The lowest BCUT2D eigenvalue weighted by molar-refractivity contribution is 0.455. The summed E-state index contributed by atoms with van der Waals surface area (Å²) in [7, 11) is 0. The first kappa shape index (κ1) is 36.4. The van der Waals surface area contributed by atoms with E-state index >= 15 is 0 Å². The zero-order valence-corrected chi connectivity index (χ0v) is 34.7. The highest BCUT2D eigenvalue weighted by Gasteiger charge is 2.55. The second kappa shape index (κ2) is 14.4. The fourth-order valence-corrected chi connectivity index (χ4v) is 10.8. The molecule has 0 spiro atoms. The Labute approximate surface area is 369 Å². The molecule has 4 aromatic heterocycles. The summed E-state index contributed by atoms with van der Waals surface area (Å²) in [4.78, 5) is 11.7. The van der Waals surface area contributed by atoms with Gasteiger partial charge >= 0.3 is 0 Å². The molecule has 0 radical (unpaired) electrons. The number of nitrogens with zero attached hydrogens (tertiary/aromatic N) is 3. The molecule has 0 amide bonds. The monoisotopic (exact) mass is 821 g/mol. The molecule has 7 aromatic carbocycles. The molecule has 2 unspecified atom stereocenters. The van der Waals surface area contributed by atoms with E-state index in [2.05, 4.69) is 186 Å². The quantitative estimate of drug-likeness (QED) is 0.150. The standard InChI is InChI=1S/C59H39N3O2/c1-4-15-38(16-5-1)40-33-55-52(61-37-40)36-56(64-55)62(43-28-26-39(27-29-43)54-35-51-53(63-54)25-14-32-60-51)44-30-31-49-50(34-44)59(41-17-6-2-7-18-41,42-19-8-3-9-20-42)58-48-24-13-11-22-46(48)45-21-10-12-23-47(45)57(49)58/h1-37,49-50H. The molecule has 302 valence electrons. The third-order valence-electron chi connectivity index (χ3n) is 13.5. The van der Waals surface area contributed by atoms with Gasteiger partial charge in [0.05, 0.1) is 5.41 Å². The Morgan fingerprint density at radius 1 is 0.500 bits per heavy atom. The van der Waals surface area contributed by atoms with Gasteiger partial charge in [0.15, 0.2) is 11.2 Å². The zero-order valence-electron chi connectivity index (χ0n) is 34.7. The summed E-state index contributed by atoms with van der Waals surface area (Å²) in [5, 5.41) is 5.13. The van der Waals surface area contributed by atoms with Gasteiger partial charge in [-0.1, -0.05) is 152 Å². The number of aromatic nitrogens is 2. The number of hydrogen-bond donors (Lipinski definition) is 0. The smallest absolute Gasteiger partial charge is 0.207 e. The van der Waals surface area contributed by atoms with Gasteiger partial charge in [-0.15, -0.1) is 0 Å². The van der Waals surface area contributed by atoms with Crippen LogP contribution in [-0.4, -0.2) is 9.97 Å². The summed E-state index contributed by atoms with van der Waals surface area (Å²) < 4.78 is 13.2. The van der Waals surface area contributed by atoms with Crippen LogP contribution >= 0.6 is 0 Å². The molecular weight excluding hydrogens is 783 g/mol. The molecule has 2 atom stereocenters. The molecule has 0 saturated carbocycles. The number of furan rings is 2. The van der Waals surface area contributed by atoms with E-state index in [1.54, 1.807) is 6.20 Å². The molecule has 2 aliphatic rings. The average molecular weight is 822 g/mol. The van der Waals surface area contributed by atoms with Crippen LogP contribution in [0.3, 0.4) is 0 Å². The fraction of sp³-hybridized carbons (Fsp3) is 0.0508. The van der Waals surface area contributed by atoms with Crippen LogP contribution in [-0.2, 0) is 5.41 Å². The van der Waals surface area contributed by atoms with Gasteiger partial charge < -0.3 is 8.83 Å². The maximum atomic E-state index is 6.93. The Morgan fingerprint density at radius 3 is 1.86 bits per heavy atom. The number of allylic oxidation sites excluding steroid dienone is 3. The van der Waals surface area contributed by atoms with Gasteiger partial charge in [-0.05, 0) is 97.9 Å². The normalized spacial score (nSPS) is 16.3. The Hall–Kier alpha value is -8.28. The van der Waals surface area contributed by atoms with Gasteiger partial charge in [0.2, 0.25) is 5.88 Å². The van der Waals surface area contributed by atoms with Gasteiger partial charge in [-0.3, -0.25) is 14.9 Å². The Bertz CT molecular complexity index is 3550. The fourth-order valence-electron chi connectivity index (χ4n) is 10.8. The average Bonchev–Trinajstić information content (AvgIpc) is 4.08. The Kier molecular flexibility index (Phi) is 8.19. The molecule has 0 fully saturated rings. The summed E-state index contributed by atoms with van der Waals surface area (Å²) in [5.74, 6) is 1.51. The van der Waals surface area contributed by atoms with Crippen LogP contribution in [0.25, 0.3) is 66.2 Å². The van der Waals surface area contributed by atoms with Crippen LogP contribution in [0.1, 0.15) is 28.2 Å². The number of fused-ring (bicyclic) bond motifs is 10. The van der Waals surface area contributed by atoms with E-state index in [0.29, 0.717) is 5.88 Å². The second-order valence-corrected chi connectivity index (χ2v) is 16.9. The van der Waals surface area contributed by atoms with Crippen molar-refractivity contribution in [1.82, 2.24) is 9.97 Å². The second-order valence-electron chi connectivity index (χ2n) is 16.9. The summed E-state index contributed by atoms with van der Waals surface area (Å²) in [6, 6.07) is 69.2. The summed E-state index contributed by atoms with van der Waals surface area (Å²) >= 11 is 0. The molecule has 0 saturated heterocycles. The highest BCUT2D eigenvalue weighted by Crippen LogP contribution is 2.63. The van der Waals surface area contributed by atoms with Crippen molar-refractivity contribution in [3.8, 4) is 22.5 Å². The molecule has 5 nitrogen and oxygen atoms in total. The molecule has 2 aliphatic carbocycles. The van der Waals surface area contributed by atoms with Gasteiger partial charge in [0.1, 0.15) is 16.8 Å². The number of hydrogen-bond acceptors (Lipinski definition) is 5. The van der Waals surface area contributed by atoms with Crippen molar-refractivity contribution >= 4 is 55.3 Å². The minimum Gasteiger partial charge on any atom is -0.454 e. The minimum absolute atomic E-state index is 0.0153. The maximum Gasteiger partial charge on any atom is 0.207 e. The van der Waals surface area contributed by atoms with Gasteiger partial charge in [-0.25, -0.2) is 0 Å². The van der Waals surface area contributed by atoms with Crippen molar-refractivity contribution in [2.24, 2.45) is 5.92 Å². The lowest BCUT2D eigenvalue weighted by Crippen LogP contribution is -2.36. The molecule has 0 bridgehead atoms. The van der Waals surface area contributed by atoms with Crippen molar-refractivity contribution in [3.05, 3.63) is 253 Å².